The average Bonchev–Trinajstić information content (AvgIpc) is 3.13. The minimum Gasteiger partial charge on any atom is -0.341 e. The molecule has 2 aliphatic rings. The Kier molecular flexibility index (Phi) is 4.22. The Bertz CT molecular complexity index is 790. The van der Waals surface area contributed by atoms with Gasteiger partial charge in [-0.15, -0.1) is 0 Å². The number of benzene rings is 1. The van der Waals surface area contributed by atoms with Crippen molar-refractivity contribution < 1.29 is 0 Å². The zero-order valence-corrected chi connectivity index (χ0v) is 17.4. The zero-order chi connectivity index (χ0) is 18.7. The van der Waals surface area contributed by atoms with Crippen LogP contribution in [0.4, 0.5) is 0 Å². The maximum Gasteiger partial charge on any atom is 0.124 e. The number of aromatic nitrogens is 2. The van der Waals surface area contributed by atoms with Gasteiger partial charge in [-0.2, -0.15) is 0 Å². The molecule has 1 saturated heterocycles. The minimum atomic E-state index is 0.160. The molecule has 0 radical (unpaired) electrons. The Morgan fingerprint density at radius 3 is 2.46 bits per heavy atom. The molecule has 1 aliphatic carbocycles. The highest BCUT2D eigenvalue weighted by atomic mass is 15.3. The van der Waals surface area contributed by atoms with Crippen LogP contribution in [0.2, 0.25) is 0 Å². The van der Waals surface area contributed by atoms with Crippen molar-refractivity contribution in [1.82, 2.24) is 14.9 Å². The van der Waals surface area contributed by atoms with Crippen molar-refractivity contribution in [2.75, 3.05) is 0 Å². The molecule has 0 amide bonds. The molecule has 0 bridgehead atoms. The molecule has 1 aromatic carbocycles. The largest absolute Gasteiger partial charge is 0.341 e. The molecule has 26 heavy (non-hydrogen) atoms. The number of hydrogen-bond donors (Lipinski definition) is 1. The van der Waals surface area contributed by atoms with Crippen molar-refractivity contribution in [2.24, 2.45) is 5.92 Å². The molecule has 3 heteroatoms. The van der Waals surface area contributed by atoms with Crippen LogP contribution in [-0.2, 0) is 5.41 Å². The highest BCUT2D eigenvalue weighted by molar-refractivity contribution is 5.76. The first kappa shape index (κ1) is 18.0. The van der Waals surface area contributed by atoms with Crippen LogP contribution in [0.1, 0.15) is 91.1 Å². The topological polar surface area (TPSA) is 31.9 Å². The van der Waals surface area contributed by atoms with Gasteiger partial charge in [0.1, 0.15) is 5.82 Å². The highest BCUT2D eigenvalue weighted by Crippen LogP contribution is 2.49. The maximum absolute atomic E-state index is 5.09. The third kappa shape index (κ3) is 3.09. The fourth-order valence-electron chi connectivity index (χ4n) is 5.32. The van der Waals surface area contributed by atoms with Gasteiger partial charge in [0.15, 0.2) is 0 Å². The van der Waals surface area contributed by atoms with Gasteiger partial charge in [0, 0.05) is 11.6 Å². The third-order valence-corrected chi connectivity index (χ3v) is 6.55. The molecule has 1 aliphatic heterocycles. The Hall–Kier alpha value is -1.35. The van der Waals surface area contributed by atoms with Gasteiger partial charge in [-0.05, 0) is 69.1 Å². The van der Waals surface area contributed by atoms with E-state index in [4.69, 9.17) is 4.98 Å². The van der Waals surface area contributed by atoms with Crippen LogP contribution in [0.5, 0.6) is 0 Å². The van der Waals surface area contributed by atoms with Crippen molar-refractivity contribution in [3.05, 3.63) is 29.6 Å². The van der Waals surface area contributed by atoms with E-state index < -0.39 is 0 Å². The highest BCUT2D eigenvalue weighted by Gasteiger charge is 2.47. The van der Waals surface area contributed by atoms with Crippen LogP contribution in [0.3, 0.4) is 0 Å². The van der Waals surface area contributed by atoms with E-state index in [0.717, 1.165) is 17.5 Å². The molecule has 1 saturated carbocycles. The average molecular weight is 354 g/mol. The molecular weight excluding hydrogens is 318 g/mol. The standard InChI is InChI=1S/C23H35N3/c1-22(2,3)16-11-12-17-18(14-16)25-21(24-17)20-13-15-9-7-8-10-19(15)26(20)23(4,5)6/h11-12,14-15,19-20H,7-10,13H2,1-6H3,(H,24,25)/t15-,19-,20-/m0/s1. The number of fused-ring (bicyclic) bond motifs is 2. The molecule has 2 heterocycles. The van der Waals surface area contributed by atoms with Crippen LogP contribution < -0.4 is 0 Å². The monoisotopic (exact) mass is 353 g/mol. The smallest absolute Gasteiger partial charge is 0.124 e. The summed E-state index contributed by atoms with van der Waals surface area (Å²) in [5.74, 6) is 2.02. The summed E-state index contributed by atoms with van der Waals surface area (Å²) < 4.78 is 0. The van der Waals surface area contributed by atoms with E-state index in [-0.39, 0.29) is 11.0 Å². The van der Waals surface area contributed by atoms with E-state index in [1.54, 1.807) is 0 Å². The molecular formula is C23H35N3. The Balaban J connectivity index is 1.73. The summed E-state index contributed by atoms with van der Waals surface area (Å²) >= 11 is 0. The molecule has 2 aromatic rings. The molecule has 0 unspecified atom stereocenters. The van der Waals surface area contributed by atoms with Crippen LogP contribution in [0, 0.1) is 5.92 Å². The van der Waals surface area contributed by atoms with E-state index in [0.29, 0.717) is 6.04 Å². The van der Waals surface area contributed by atoms with Gasteiger partial charge in [-0.1, -0.05) is 39.7 Å². The molecule has 0 spiro atoms. The van der Waals surface area contributed by atoms with Gasteiger partial charge in [0.2, 0.25) is 0 Å². The number of hydrogen-bond acceptors (Lipinski definition) is 2. The van der Waals surface area contributed by atoms with Crippen LogP contribution in [0.25, 0.3) is 11.0 Å². The van der Waals surface area contributed by atoms with Gasteiger partial charge < -0.3 is 4.98 Å². The number of imidazole rings is 1. The summed E-state index contributed by atoms with van der Waals surface area (Å²) in [6.07, 6.45) is 6.79. The molecule has 3 atom stereocenters. The van der Waals surface area contributed by atoms with Crippen molar-refractivity contribution in [1.29, 1.82) is 0 Å². The number of rotatable bonds is 1. The lowest BCUT2D eigenvalue weighted by molar-refractivity contribution is 0.0513. The number of H-pyrrole nitrogens is 1. The molecule has 1 N–H and O–H groups in total. The van der Waals surface area contributed by atoms with Gasteiger partial charge in [-0.3, -0.25) is 4.90 Å². The Morgan fingerprint density at radius 2 is 1.77 bits per heavy atom. The van der Waals surface area contributed by atoms with Crippen LogP contribution >= 0.6 is 0 Å². The van der Waals surface area contributed by atoms with Gasteiger partial charge in [0.05, 0.1) is 17.1 Å². The van der Waals surface area contributed by atoms with E-state index in [1.807, 2.05) is 0 Å². The summed E-state index contributed by atoms with van der Waals surface area (Å²) in [6.45, 7) is 13.9. The number of nitrogens with zero attached hydrogens (tertiary/aromatic N) is 2. The van der Waals surface area contributed by atoms with Crippen molar-refractivity contribution in [3.8, 4) is 0 Å². The second-order valence-electron chi connectivity index (χ2n) is 10.5. The number of likely N-dealkylation sites (tertiary alicyclic amines) is 1. The maximum atomic E-state index is 5.09. The number of nitrogens with one attached hydrogen (secondary N) is 1. The summed E-state index contributed by atoms with van der Waals surface area (Å²) in [4.78, 5) is 11.5. The molecule has 2 fully saturated rings. The third-order valence-electron chi connectivity index (χ3n) is 6.55. The van der Waals surface area contributed by atoms with Gasteiger partial charge in [0.25, 0.3) is 0 Å². The zero-order valence-electron chi connectivity index (χ0n) is 17.4. The van der Waals surface area contributed by atoms with Crippen molar-refractivity contribution >= 4 is 11.0 Å². The molecule has 142 valence electrons. The lowest BCUT2D eigenvalue weighted by Crippen LogP contribution is -2.47. The van der Waals surface area contributed by atoms with Crippen molar-refractivity contribution in [2.45, 2.75) is 96.7 Å². The molecule has 4 rings (SSSR count). The predicted octanol–water partition coefficient (Wildman–Crippen LogP) is 5.96. The second kappa shape index (κ2) is 6.09. The van der Waals surface area contributed by atoms with Crippen LogP contribution in [-0.4, -0.2) is 26.4 Å². The van der Waals surface area contributed by atoms with Gasteiger partial charge in [-0.25, -0.2) is 4.98 Å². The van der Waals surface area contributed by atoms with Crippen LogP contribution in [0.15, 0.2) is 18.2 Å². The van der Waals surface area contributed by atoms with E-state index in [1.165, 1.54) is 49.0 Å². The number of aromatic amines is 1. The summed E-state index contributed by atoms with van der Waals surface area (Å²) in [7, 11) is 0. The predicted molar refractivity (Wildman–Crippen MR) is 109 cm³/mol. The molecule has 1 aromatic heterocycles. The first-order chi connectivity index (χ1) is 12.1. The normalized spacial score (nSPS) is 27.8. The summed E-state index contributed by atoms with van der Waals surface area (Å²) in [6, 6.07) is 7.90. The fourth-order valence-corrected chi connectivity index (χ4v) is 5.32. The second-order valence-corrected chi connectivity index (χ2v) is 10.5. The van der Waals surface area contributed by atoms with Gasteiger partial charge >= 0.3 is 0 Å². The minimum absolute atomic E-state index is 0.160. The quantitative estimate of drug-likeness (QED) is 0.685. The van der Waals surface area contributed by atoms with E-state index in [2.05, 4.69) is 69.6 Å². The van der Waals surface area contributed by atoms with E-state index >= 15 is 0 Å². The first-order valence-electron chi connectivity index (χ1n) is 10.4. The Morgan fingerprint density at radius 1 is 1.04 bits per heavy atom. The fraction of sp³-hybridized carbons (Fsp3) is 0.696. The summed E-state index contributed by atoms with van der Waals surface area (Å²) in [5.41, 5.74) is 3.99. The lowest BCUT2D eigenvalue weighted by atomic mass is 9.84. The van der Waals surface area contributed by atoms with Crippen molar-refractivity contribution in [3.63, 3.8) is 0 Å². The lowest BCUT2D eigenvalue weighted by Gasteiger charge is -2.42. The van der Waals surface area contributed by atoms with E-state index in [9.17, 15) is 0 Å². The first-order valence-corrected chi connectivity index (χ1v) is 10.4. The Labute approximate surface area is 158 Å². The SMILES string of the molecule is CC(C)(C)c1ccc2[nH]c([C@@H]3C[C@@H]4CCCC[C@@H]4N3C(C)(C)C)nc2c1. The summed E-state index contributed by atoms with van der Waals surface area (Å²) in [5, 5.41) is 0. The molecule has 3 nitrogen and oxygen atoms in total.